The van der Waals surface area contributed by atoms with Gasteiger partial charge in [0.05, 0.1) is 0 Å². The van der Waals surface area contributed by atoms with Gasteiger partial charge >= 0.3 is 0 Å². The highest BCUT2D eigenvalue weighted by Gasteiger charge is 2.19. The molecule has 0 bridgehead atoms. The fourth-order valence-electron chi connectivity index (χ4n) is 3.42. The molecular weight excluding hydrogens is 364 g/mol. The molecule has 0 saturated heterocycles. The van der Waals surface area contributed by atoms with Crippen LogP contribution in [0.1, 0.15) is 36.0 Å². The van der Waals surface area contributed by atoms with Gasteiger partial charge in [0, 0.05) is 71.5 Å². The maximum absolute atomic E-state index is 4.75. The number of fused-ring (bicyclic) bond motifs is 2. The Kier molecular flexibility index (Phi) is 4.37. The molecule has 0 aliphatic carbocycles. The average molecular weight is 385 g/mol. The summed E-state index contributed by atoms with van der Waals surface area (Å²) >= 11 is 3.57. The van der Waals surface area contributed by atoms with E-state index < -0.39 is 0 Å². The summed E-state index contributed by atoms with van der Waals surface area (Å²) in [5.41, 5.74) is 5.06. The molecule has 1 aliphatic heterocycles. The van der Waals surface area contributed by atoms with Crippen molar-refractivity contribution in [2.24, 2.45) is 0 Å². The zero-order chi connectivity index (χ0) is 16.5. The predicted molar refractivity (Wildman–Crippen MR) is 99.8 cm³/mol. The number of aryl methyl sites for hydroxylation is 1. The first-order valence-corrected chi connectivity index (χ1v) is 9.34. The van der Waals surface area contributed by atoms with Crippen LogP contribution in [-0.4, -0.2) is 26.4 Å². The van der Waals surface area contributed by atoms with Gasteiger partial charge in [0.1, 0.15) is 5.82 Å². The molecule has 0 unspecified atom stereocenters. The van der Waals surface area contributed by atoms with Crippen molar-refractivity contribution in [3.63, 3.8) is 0 Å². The van der Waals surface area contributed by atoms with Gasteiger partial charge in [-0.1, -0.05) is 22.9 Å². The summed E-state index contributed by atoms with van der Waals surface area (Å²) in [6, 6.07) is 6.39. The molecule has 0 atom stereocenters. The third-order valence-electron chi connectivity index (χ3n) is 4.66. The number of hydrogen-bond donors (Lipinski definition) is 1. The van der Waals surface area contributed by atoms with Gasteiger partial charge in [0.25, 0.3) is 0 Å². The van der Waals surface area contributed by atoms with Crippen LogP contribution in [0.3, 0.4) is 0 Å². The van der Waals surface area contributed by atoms with Crippen molar-refractivity contribution in [1.29, 1.82) is 0 Å². The van der Waals surface area contributed by atoms with Crippen LogP contribution in [0.15, 0.2) is 35.1 Å². The number of nitrogens with zero attached hydrogens (tertiary/aromatic N) is 3. The average Bonchev–Trinajstić information content (AvgIpc) is 2.97. The van der Waals surface area contributed by atoms with E-state index in [1.165, 1.54) is 27.7 Å². The Balaban J connectivity index is 1.53. The van der Waals surface area contributed by atoms with Crippen LogP contribution in [0.25, 0.3) is 10.9 Å². The second-order valence-corrected chi connectivity index (χ2v) is 7.39. The molecule has 0 radical (unpaired) electrons. The summed E-state index contributed by atoms with van der Waals surface area (Å²) in [6.45, 7) is 5.11. The van der Waals surface area contributed by atoms with E-state index in [4.69, 9.17) is 4.98 Å². The van der Waals surface area contributed by atoms with Gasteiger partial charge < -0.3 is 4.98 Å². The maximum Gasteiger partial charge on any atom is 0.128 e. The Morgan fingerprint density at radius 2 is 2.25 bits per heavy atom. The van der Waals surface area contributed by atoms with Crippen molar-refractivity contribution >= 4 is 26.8 Å². The van der Waals surface area contributed by atoms with Gasteiger partial charge in [-0.2, -0.15) is 0 Å². The van der Waals surface area contributed by atoms with E-state index in [9.17, 15) is 0 Å². The molecule has 4 nitrogen and oxygen atoms in total. The number of hydrogen-bond acceptors (Lipinski definition) is 3. The van der Waals surface area contributed by atoms with E-state index in [-0.39, 0.29) is 0 Å². The lowest BCUT2D eigenvalue weighted by atomic mass is 10.1. The first kappa shape index (κ1) is 15.8. The molecule has 1 aromatic carbocycles. The summed E-state index contributed by atoms with van der Waals surface area (Å²) in [5, 5.41) is 1.30. The number of benzene rings is 1. The third-order valence-corrected chi connectivity index (χ3v) is 5.15. The second-order valence-electron chi connectivity index (χ2n) is 6.47. The minimum absolute atomic E-state index is 0.933. The summed E-state index contributed by atoms with van der Waals surface area (Å²) in [7, 11) is 0. The molecular formula is C19H21BrN4. The normalized spacial score (nSPS) is 14.9. The van der Waals surface area contributed by atoms with E-state index in [0.29, 0.717) is 0 Å². The van der Waals surface area contributed by atoms with Crippen LogP contribution in [0.4, 0.5) is 0 Å². The Labute approximate surface area is 150 Å². The molecule has 3 aromatic rings. The Morgan fingerprint density at radius 1 is 1.33 bits per heavy atom. The van der Waals surface area contributed by atoms with Crippen molar-refractivity contribution in [2.75, 3.05) is 6.54 Å². The highest BCUT2D eigenvalue weighted by atomic mass is 79.9. The lowest BCUT2D eigenvalue weighted by Gasteiger charge is -2.27. The van der Waals surface area contributed by atoms with E-state index in [1.807, 2.05) is 6.20 Å². The Hall–Kier alpha value is -1.72. The lowest BCUT2D eigenvalue weighted by molar-refractivity contribution is 0.243. The fourth-order valence-corrected chi connectivity index (χ4v) is 3.78. The number of H-pyrrole nitrogens is 1. The zero-order valence-corrected chi connectivity index (χ0v) is 15.4. The van der Waals surface area contributed by atoms with Gasteiger partial charge in [0.2, 0.25) is 0 Å². The van der Waals surface area contributed by atoms with Crippen LogP contribution in [0.2, 0.25) is 0 Å². The van der Waals surface area contributed by atoms with Crippen LogP contribution < -0.4 is 0 Å². The zero-order valence-electron chi connectivity index (χ0n) is 13.8. The Bertz CT molecular complexity index is 871. The minimum Gasteiger partial charge on any atom is -0.361 e. The summed E-state index contributed by atoms with van der Waals surface area (Å²) in [5.74, 6) is 0.992. The number of halogens is 1. The number of rotatable bonds is 4. The van der Waals surface area contributed by atoms with E-state index in [1.54, 1.807) is 0 Å². The van der Waals surface area contributed by atoms with Crippen molar-refractivity contribution in [1.82, 2.24) is 19.9 Å². The van der Waals surface area contributed by atoms with Crippen molar-refractivity contribution in [3.05, 3.63) is 57.7 Å². The van der Waals surface area contributed by atoms with Gasteiger partial charge in [-0.05, 0) is 30.2 Å². The van der Waals surface area contributed by atoms with Crippen LogP contribution in [0, 0.1) is 0 Å². The molecule has 1 aliphatic rings. The van der Waals surface area contributed by atoms with E-state index in [2.05, 4.69) is 62.1 Å². The first-order chi connectivity index (χ1) is 11.7. The first-order valence-electron chi connectivity index (χ1n) is 8.54. The summed E-state index contributed by atoms with van der Waals surface area (Å²) < 4.78 is 1.12. The van der Waals surface area contributed by atoms with Crippen LogP contribution in [0.5, 0.6) is 0 Å². The molecule has 124 valence electrons. The highest BCUT2D eigenvalue weighted by Crippen LogP contribution is 2.25. The molecule has 24 heavy (non-hydrogen) atoms. The van der Waals surface area contributed by atoms with Crippen molar-refractivity contribution < 1.29 is 0 Å². The number of aromatic amines is 1. The minimum atomic E-state index is 0.933. The molecule has 4 rings (SSSR count). The molecule has 0 amide bonds. The van der Waals surface area contributed by atoms with E-state index in [0.717, 1.165) is 49.2 Å². The van der Waals surface area contributed by atoms with Crippen molar-refractivity contribution in [2.45, 2.75) is 39.3 Å². The smallest absolute Gasteiger partial charge is 0.128 e. The molecule has 1 N–H and O–H groups in total. The molecule has 2 aromatic heterocycles. The molecule has 0 saturated carbocycles. The monoisotopic (exact) mass is 384 g/mol. The van der Waals surface area contributed by atoms with Gasteiger partial charge in [-0.25, -0.2) is 9.97 Å². The Morgan fingerprint density at radius 3 is 3.12 bits per heavy atom. The van der Waals surface area contributed by atoms with Crippen molar-refractivity contribution in [3.8, 4) is 0 Å². The quantitative estimate of drug-likeness (QED) is 0.731. The molecule has 0 fully saturated rings. The van der Waals surface area contributed by atoms with Gasteiger partial charge in [0.15, 0.2) is 0 Å². The fraction of sp³-hybridized carbons (Fsp3) is 0.368. The van der Waals surface area contributed by atoms with Crippen LogP contribution >= 0.6 is 15.9 Å². The largest absolute Gasteiger partial charge is 0.361 e. The second kappa shape index (κ2) is 6.65. The molecule has 3 heterocycles. The lowest BCUT2D eigenvalue weighted by Crippen LogP contribution is -2.31. The van der Waals surface area contributed by atoms with Crippen LogP contribution in [-0.2, 0) is 25.9 Å². The maximum atomic E-state index is 4.75. The van der Waals surface area contributed by atoms with Gasteiger partial charge in [-0.3, -0.25) is 4.90 Å². The summed E-state index contributed by atoms with van der Waals surface area (Å²) in [6.07, 6.45) is 7.25. The standard InChI is InChI=1S/C19H21BrN4/c1-2-3-19-22-10-14-12-24(7-6-17(14)23-19)11-13-9-21-18-5-4-15(20)8-16(13)18/h4-5,8-10,21H,2-3,6-7,11-12H2,1H3. The number of aromatic nitrogens is 3. The number of nitrogens with one attached hydrogen (secondary N) is 1. The predicted octanol–water partition coefficient (Wildman–Crippen LogP) is 4.23. The molecule has 0 spiro atoms. The van der Waals surface area contributed by atoms with E-state index >= 15 is 0 Å². The highest BCUT2D eigenvalue weighted by molar-refractivity contribution is 9.10. The topological polar surface area (TPSA) is 44.8 Å². The third kappa shape index (κ3) is 3.10. The molecule has 5 heteroatoms. The van der Waals surface area contributed by atoms with Gasteiger partial charge in [-0.15, -0.1) is 0 Å². The SMILES string of the molecule is CCCc1ncc2c(n1)CCN(Cc1c[nH]c3ccc(Br)cc13)C2. The summed E-state index contributed by atoms with van der Waals surface area (Å²) in [4.78, 5) is 15.1.